The first-order chi connectivity index (χ1) is 14.2. The molecule has 0 saturated carbocycles. The number of anilines is 1. The number of rotatable bonds is 11. The minimum Gasteiger partial charge on any atom is -0.360 e. The first-order valence-electron chi connectivity index (χ1n) is 9.74. The van der Waals surface area contributed by atoms with E-state index in [9.17, 15) is 19.7 Å². The fourth-order valence-electron chi connectivity index (χ4n) is 2.97. The van der Waals surface area contributed by atoms with Gasteiger partial charge >= 0.3 is 5.69 Å². The topological polar surface area (TPSA) is 93.6 Å². The fourth-order valence-corrected chi connectivity index (χ4v) is 3.89. The summed E-state index contributed by atoms with van der Waals surface area (Å²) in [5.74, 6) is 1.57. The molecule has 10 heteroatoms. The average Bonchev–Trinajstić information content (AvgIpc) is 2.73. The van der Waals surface area contributed by atoms with Crippen LogP contribution in [0.25, 0.3) is 0 Å². The van der Waals surface area contributed by atoms with Crippen molar-refractivity contribution in [3.05, 3.63) is 61.3 Å². The highest BCUT2D eigenvalue weighted by atomic mass is 32.2. The highest BCUT2D eigenvalue weighted by Gasteiger charge is 2.11. The van der Waals surface area contributed by atoms with Crippen LogP contribution in [-0.2, 0) is 14.1 Å². The summed E-state index contributed by atoms with van der Waals surface area (Å²) in [6.07, 6.45) is 2.09. The molecule has 0 aliphatic rings. The number of nitro groups is 1. The Labute approximate surface area is 180 Å². The lowest BCUT2D eigenvalue weighted by Crippen LogP contribution is -2.41. The van der Waals surface area contributed by atoms with Crippen molar-refractivity contribution in [2.24, 2.45) is 14.1 Å². The molecule has 0 N–H and O–H groups in total. The van der Waals surface area contributed by atoms with Crippen molar-refractivity contribution in [2.45, 2.75) is 17.7 Å². The van der Waals surface area contributed by atoms with Gasteiger partial charge in [-0.2, -0.15) is 0 Å². The molecule has 164 valence electrons. The molecule has 9 nitrogen and oxygen atoms in total. The van der Waals surface area contributed by atoms with E-state index in [0.717, 1.165) is 41.1 Å². The molecule has 30 heavy (non-hydrogen) atoms. The van der Waals surface area contributed by atoms with Crippen molar-refractivity contribution in [1.82, 2.24) is 14.0 Å². The molecule has 2 aromatic rings. The zero-order valence-corrected chi connectivity index (χ0v) is 18.7. The zero-order chi connectivity index (χ0) is 22.3. The van der Waals surface area contributed by atoms with Gasteiger partial charge in [-0.25, -0.2) is 4.79 Å². The van der Waals surface area contributed by atoms with Gasteiger partial charge in [0, 0.05) is 57.3 Å². The summed E-state index contributed by atoms with van der Waals surface area (Å²) in [6, 6.07) is 8.12. The Morgan fingerprint density at radius 2 is 1.67 bits per heavy atom. The molecule has 1 heterocycles. The van der Waals surface area contributed by atoms with Gasteiger partial charge in [-0.3, -0.25) is 24.0 Å². The van der Waals surface area contributed by atoms with Crippen LogP contribution >= 0.6 is 11.8 Å². The van der Waals surface area contributed by atoms with Gasteiger partial charge in [0.1, 0.15) is 5.82 Å². The number of nitrogens with zero attached hydrogens (tertiary/aromatic N) is 5. The van der Waals surface area contributed by atoms with E-state index >= 15 is 0 Å². The molecular weight excluding hydrogens is 406 g/mol. The van der Waals surface area contributed by atoms with Crippen molar-refractivity contribution < 1.29 is 4.92 Å². The summed E-state index contributed by atoms with van der Waals surface area (Å²) in [5, 5.41) is 10.7. The highest BCUT2D eigenvalue weighted by molar-refractivity contribution is 7.99. The van der Waals surface area contributed by atoms with Gasteiger partial charge in [0.25, 0.3) is 11.2 Å². The number of non-ortho nitro benzene ring substituents is 1. The molecular formula is C20H29N5O4S. The van der Waals surface area contributed by atoms with E-state index in [2.05, 4.69) is 11.9 Å². The molecule has 1 aromatic carbocycles. The van der Waals surface area contributed by atoms with Gasteiger partial charge < -0.3 is 9.80 Å². The highest BCUT2D eigenvalue weighted by Crippen LogP contribution is 2.22. The molecule has 0 unspecified atom stereocenters. The standard InChI is InChI=1S/C20H29N5O4S/c1-21(11-5-6-14-30-17-9-7-16(8-10-17)25(28)29)12-13-22(2)18-15-19(26)24(4)20(27)23(18)3/h7-10,15H,5-6,11-14H2,1-4H3. The van der Waals surface area contributed by atoms with Crippen LogP contribution in [-0.4, -0.2) is 58.4 Å². The number of unbranched alkanes of at least 4 members (excludes halogenated alkanes) is 1. The monoisotopic (exact) mass is 435 g/mol. The second kappa shape index (κ2) is 11.0. The van der Waals surface area contributed by atoms with E-state index in [4.69, 9.17) is 0 Å². The summed E-state index contributed by atoms with van der Waals surface area (Å²) in [4.78, 5) is 39.4. The number of thioether (sulfide) groups is 1. The summed E-state index contributed by atoms with van der Waals surface area (Å²) < 4.78 is 2.58. The molecule has 0 spiro atoms. The SMILES string of the molecule is CN(CCCCSc1ccc([N+](=O)[O-])cc1)CCN(C)c1cc(=O)n(C)c(=O)n1C. The van der Waals surface area contributed by atoms with Crippen molar-refractivity contribution in [2.75, 3.05) is 44.4 Å². The van der Waals surface area contributed by atoms with Crippen LogP contribution in [0.5, 0.6) is 0 Å². The molecule has 0 saturated heterocycles. The normalized spacial score (nSPS) is 11.1. The van der Waals surface area contributed by atoms with E-state index < -0.39 is 4.92 Å². The lowest BCUT2D eigenvalue weighted by atomic mass is 10.3. The number of hydrogen-bond donors (Lipinski definition) is 0. The van der Waals surface area contributed by atoms with E-state index in [1.165, 1.54) is 29.8 Å². The quantitative estimate of drug-likeness (QED) is 0.230. The van der Waals surface area contributed by atoms with Crippen molar-refractivity contribution in [3.8, 4) is 0 Å². The third-order valence-corrected chi connectivity index (χ3v) is 6.06. The van der Waals surface area contributed by atoms with Gasteiger partial charge in [0.05, 0.1) is 4.92 Å². The number of likely N-dealkylation sites (N-methyl/N-ethyl adjacent to an activating group) is 2. The summed E-state index contributed by atoms with van der Waals surface area (Å²) in [7, 11) is 7.07. The minimum atomic E-state index is -0.390. The zero-order valence-electron chi connectivity index (χ0n) is 17.9. The maximum absolute atomic E-state index is 12.1. The second-order valence-corrected chi connectivity index (χ2v) is 8.44. The van der Waals surface area contributed by atoms with Crippen LogP contribution in [0.1, 0.15) is 12.8 Å². The van der Waals surface area contributed by atoms with Crippen LogP contribution in [0.15, 0.2) is 44.8 Å². The van der Waals surface area contributed by atoms with Crippen molar-refractivity contribution >= 4 is 23.3 Å². The predicted molar refractivity (Wildman–Crippen MR) is 121 cm³/mol. The van der Waals surface area contributed by atoms with Gasteiger partial charge in [-0.1, -0.05) is 0 Å². The number of benzene rings is 1. The molecule has 0 atom stereocenters. The Balaban J connectivity index is 1.70. The molecule has 0 bridgehead atoms. The Kier molecular flexibility index (Phi) is 8.67. The van der Waals surface area contributed by atoms with Crippen LogP contribution in [0.4, 0.5) is 11.5 Å². The maximum atomic E-state index is 12.1. The predicted octanol–water partition coefficient (Wildman–Crippen LogP) is 1.93. The number of nitro benzene ring substituents is 1. The fraction of sp³-hybridized carbons (Fsp3) is 0.500. The third kappa shape index (κ3) is 6.46. The number of hydrogen-bond acceptors (Lipinski definition) is 7. The third-order valence-electron chi connectivity index (χ3n) is 4.96. The minimum absolute atomic E-state index is 0.113. The molecule has 0 aliphatic carbocycles. The molecule has 0 aliphatic heterocycles. The summed E-state index contributed by atoms with van der Waals surface area (Å²) in [6.45, 7) is 2.47. The Hall–Kier alpha value is -2.59. The Morgan fingerprint density at radius 3 is 2.30 bits per heavy atom. The molecule has 0 amide bonds. The largest absolute Gasteiger partial charge is 0.360 e. The van der Waals surface area contributed by atoms with Gasteiger partial charge in [0.15, 0.2) is 0 Å². The number of aromatic nitrogens is 2. The van der Waals surface area contributed by atoms with E-state index in [1.54, 1.807) is 30.9 Å². The van der Waals surface area contributed by atoms with Crippen LogP contribution in [0.2, 0.25) is 0 Å². The van der Waals surface area contributed by atoms with Gasteiger partial charge in [-0.05, 0) is 44.3 Å². The average molecular weight is 436 g/mol. The molecule has 0 radical (unpaired) electrons. The van der Waals surface area contributed by atoms with E-state index in [1.807, 2.05) is 11.9 Å². The first kappa shape index (κ1) is 23.7. The van der Waals surface area contributed by atoms with E-state index in [0.29, 0.717) is 12.4 Å². The summed E-state index contributed by atoms with van der Waals surface area (Å²) in [5.41, 5.74) is -0.524. The van der Waals surface area contributed by atoms with Crippen LogP contribution < -0.4 is 16.1 Å². The molecule has 1 aromatic heterocycles. The molecule has 2 rings (SSSR count). The lowest BCUT2D eigenvalue weighted by molar-refractivity contribution is -0.384. The smallest absolute Gasteiger partial charge is 0.332 e. The maximum Gasteiger partial charge on any atom is 0.332 e. The van der Waals surface area contributed by atoms with E-state index in [-0.39, 0.29) is 16.9 Å². The van der Waals surface area contributed by atoms with Crippen LogP contribution in [0.3, 0.4) is 0 Å². The van der Waals surface area contributed by atoms with Gasteiger partial charge in [0.2, 0.25) is 0 Å². The summed E-state index contributed by atoms with van der Waals surface area (Å²) >= 11 is 1.70. The Bertz CT molecular complexity index is 971. The Morgan fingerprint density at radius 1 is 1.00 bits per heavy atom. The van der Waals surface area contributed by atoms with Crippen LogP contribution in [0, 0.1) is 10.1 Å². The first-order valence-corrected chi connectivity index (χ1v) is 10.7. The second-order valence-electron chi connectivity index (χ2n) is 7.27. The van der Waals surface area contributed by atoms with Crippen molar-refractivity contribution in [1.29, 1.82) is 0 Å². The van der Waals surface area contributed by atoms with Crippen molar-refractivity contribution in [3.63, 3.8) is 0 Å². The molecule has 0 fully saturated rings. The van der Waals surface area contributed by atoms with Gasteiger partial charge in [-0.15, -0.1) is 11.8 Å². The lowest BCUT2D eigenvalue weighted by Gasteiger charge is -2.25.